The Morgan fingerprint density at radius 3 is 2.90 bits per heavy atom. The summed E-state index contributed by atoms with van der Waals surface area (Å²) in [5.41, 5.74) is 4.21. The van der Waals surface area contributed by atoms with Gasteiger partial charge in [0.1, 0.15) is 11.3 Å². The number of imidazole rings is 1. The zero-order valence-electron chi connectivity index (χ0n) is 11.4. The molecule has 0 amide bonds. The van der Waals surface area contributed by atoms with Crippen LogP contribution in [0.15, 0.2) is 42.6 Å². The van der Waals surface area contributed by atoms with E-state index in [4.69, 9.17) is 11.6 Å². The molecule has 3 aromatic rings. The van der Waals surface area contributed by atoms with E-state index >= 15 is 0 Å². The number of aromatic nitrogens is 3. The average molecular weight is 286 g/mol. The van der Waals surface area contributed by atoms with Gasteiger partial charge in [0.2, 0.25) is 0 Å². The Hall–Kier alpha value is -1.87. The van der Waals surface area contributed by atoms with Crippen molar-refractivity contribution in [3.63, 3.8) is 0 Å². The first-order valence-electron chi connectivity index (χ1n) is 6.81. The van der Waals surface area contributed by atoms with E-state index in [1.54, 1.807) is 6.20 Å². The first-order valence-corrected chi connectivity index (χ1v) is 7.34. The Balaban J connectivity index is 2.24. The van der Waals surface area contributed by atoms with Gasteiger partial charge in [-0.1, -0.05) is 19.1 Å². The summed E-state index contributed by atoms with van der Waals surface area (Å²) in [6, 6.07) is 12.4. The van der Waals surface area contributed by atoms with Crippen molar-refractivity contribution in [2.24, 2.45) is 0 Å². The minimum atomic E-state index is 0.552. The van der Waals surface area contributed by atoms with E-state index in [0.29, 0.717) is 5.88 Å². The van der Waals surface area contributed by atoms with Crippen molar-refractivity contribution in [1.29, 1.82) is 0 Å². The summed E-state index contributed by atoms with van der Waals surface area (Å²) in [5.74, 6) is 1.51. The van der Waals surface area contributed by atoms with Crippen molar-refractivity contribution < 1.29 is 0 Å². The van der Waals surface area contributed by atoms with Gasteiger partial charge in [-0.05, 0) is 36.2 Å². The zero-order chi connectivity index (χ0) is 13.9. The maximum atomic E-state index is 5.91. The lowest BCUT2D eigenvalue weighted by Crippen LogP contribution is -2.03. The molecule has 1 aromatic carbocycles. The number of hydrogen-bond acceptors (Lipinski definition) is 2. The molecule has 0 fully saturated rings. The molecular weight excluding hydrogens is 270 g/mol. The van der Waals surface area contributed by atoms with Crippen LogP contribution in [0.2, 0.25) is 0 Å². The van der Waals surface area contributed by atoms with Crippen LogP contribution in [-0.2, 0) is 12.8 Å². The van der Waals surface area contributed by atoms with E-state index in [1.165, 1.54) is 5.56 Å². The van der Waals surface area contributed by atoms with Crippen LogP contribution in [0.5, 0.6) is 0 Å². The van der Waals surface area contributed by atoms with Crippen LogP contribution in [0.3, 0.4) is 0 Å². The van der Waals surface area contributed by atoms with Gasteiger partial charge < -0.3 is 0 Å². The molecule has 0 unspecified atom stereocenters. The van der Waals surface area contributed by atoms with E-state index in [0.717, 1.165) is 35.5 Å². The van der Waals surface area contributed by atoms with Crippen LogP contribution in [0.4, 0.5) is 0 Å². The van der Waals surface area contributed by atoms with Gasteiger partial charge >= 0.3 is 0 Å². The zero-order valence-corrected chi connectivity index (χ0v) is 12.1. The van der Waals surface area contributed by atoms with Crippen LogP contribution in [0, 0.1) is 0 Å². The highest BCUT2D eigenvalue weighted by atomic mass is 35.5. The largest absolute Gasteiger partial charge is 0.281 e. The summed E-state index contributed by atoms with van der Waals surface area (Å²) in [6.45, 7) is 2.16. The quantitative estimate of drug-likeness (QED) is 0.683. The number of fused-ring (bicyclic) bond motifs is 1. The fourth-order valence-electron chi connectivity index (χ4n) is 2.40. The molecule has 102 valence electrons. The Morgan fingerprint density at radius 2 is 2.10 bits per heavy atom. The lowest BCUT2D eigenvalue weighted by molar-refractivity contribution is 0.903. The molecule has 2 aromatic heterocycles. The number of halogens is 1. The molecule has 3 nitrogen and oxygen atoms in total. The first kappa shape index (κ1) is 13.1. The van der Waals surface area contributed by atoms with Crippen LogP contribution < -0.4 is 0 Å². The molecule has 4 heteroatoms. The molecule has 0 aliphatic heterocycles. The lowest BCUT2D eigenvalue weighted by atomic mass is 10.1. The van der Waals surface area contributed by atoms with Crippen molar-refractivity contribution >= 4 is 22.8 Å². The second kappa shape index (κ2) is 5.63. The van der Waals surface area contributed by atoms with E-state index in [2.05, 4.69) is 45.7 Å². The second-order valence-corrected chi connectivity index (χ2v) is 5.05. The molecule has 2 heterocycles. The van der Waals surface area contributed by atoms with E-state index < -0.39 is 0 Å². The lowest BCUT2D eigenvalue weighted by Gasteiger charge is -2.09. The molecule has 0 N–H and O–H groups in total. The van der Waals surface area contributed by atoms with Gasteiger partial charge in [0.25, 0.3) is 0 Å². The molecule has 0 bridgehead atoms. The maximum absolute atomic E-state index is 5.91. The standard InChI is InChI=1S/C16H16ClN3/c1-2-12-5-3-6-13(11-12)20-15(8-9-17)19-14-7-4-10-18-16(14)20/h3-7,10-11H,2,8-9H2,1H3. The third-order valence-electron chi connectivity index (χ3n) is 3.38. The summed E-state index contributed by atoms with van der Waals surface area (Å²) < 4.78 is 2.11. The fraction of sp³-hybridized carbons (Fsp3) is 0.250. The Kier molecular flexibility index (Phi) is 3.70. The van der Waals surface area contributed by atoms with Gasteiger partial charge in [-0.25, -0.2) is 9.97 Å². The number of hydrogen-bond donors (Lipinski definition) is 0. The van der Waals surface area contributed by atoms with Crippen LogP contribution in [-0.4, -0.2) is 20.4 Å². The molecular formula is C16H16ClN3. The van der Waals surface area contributed by atoms with Crippen LogP contribution >= 0.6 is 11.6 Å². The minimum absolute atomic E-state index is 0.552. The molecule has 0 spiro atoms. The molecule has 0 aliphatic rings. The van der Waals surface area contributed by atoms with Crippen LogP contribution in [0.1, 0.15) is 18.3 Å². The highest BCUT2D eigenvalue weighted by Gasteiger charge is 2.12. The fourth-order valence-corrected chi connectivity index (χ4v) is 2.57. The van der Waals surface area contributed by atoms with Gasteiger partial charge in [-0.15, -0.1) is 11.6 Å². The smallest absolute Gasteiger partial charge is 0.164 e. The number of aryl methyl sites for hydroxylation is 2. The van der Waals surface area contributed by atoms with Gasteiger partial charge in [0.15, 0.2) is 5.65 Å². The number of pyridine rings is 1. The number of nitrogens with zero attached hydrogens (tertiary/aromatic N) is 3. The second-order valence-electron chi connectivity index (χ2n) is 4.67. The molecule has 20 heavy (non-hydrogen) atoms. The number of alkyl halides is 1. The highest BCUT2D eigenvalue weighted by Crippen LogP contribution is 2.21. The summed E-state index contributed by atoms with van der Waals surface area (Å²) in [4.78, 5) is 9.12. The van der Waals surface area contributed by atoms with Crippen molar-refractivity contribution in [1.82, 2.24) is 14.5 Å². The maximum Gasteiger partial charge on any atom is 0.164 e. The monoisotopic (exact) mass is 285 g/mol. The number of rotatable bonds is 4. The highest BCUT2D eigenvalue weighted by molar-refractivity contribution is 6.17. The van der Waals surface area contributed by atoms with Crippen molar-refractivity contribution in [2.75, 3.05) is 5.88 Å². The third-order valence-corrected chi connectivity index (χ3v) is 3.57. The topological polar surface area (TPSA) is 30.7 Å². The van der Waals surface area contributed by atoms with E-state index in [-0.39, 0.29) is 0 Å². The van der Waals surface area contributed by atoms with E-state index in [1.807, 2.05) is 12.1 Å². The molecule has 0 saturated carbocycles. The molecule has 0 radical (unpaired) electrons. The van der Waals surface area contributed by atoms with Crippen molar-refractivity contribution in [3.05, 3.63) is 54.0 Å². The SMILES string of the molecule is CCc1cccc(-n2c(CCCl)nc3cccnc32)c1. The van der Waals surface area contributed by atoms with Gasteiger partial charge in [-0.3, -0.25) is 4.57 Å². The number of benzene rings is 1. The minimum Gasteiger partial charge on any atom is -0.281 e. The molecule has 3 rings (SSSR count). The normalized spacial score (nSPS) is 11.1. The molecule has 0 saturated heterocycles. The predicted octanol–water partition coefficient (Wildman–Crippen LogP) is 3.76. The summed E-state index contributed by atoms with van der Waals surface area (Å²) in [6.07, 6.45) is 3.54. The Morgan fingerprint density at radius 1 is 1.20 bits per heavy atom. The summed E-state index contributed by atoms with van der Waals surface area (Å²) >= 11 is 5.91. The average Bonchev–Trinajstić information content (AvgIpc) is 2.85. The van der Waals surface area contributed by atoms with Gasteiger partial charge in [0.05, 0.1) is 0 Å². The Labute approximate surface area is 123 Å². The summed E-state index contributed by atoms with van der Waals surface area (Å²) in [5, 5.41) is 0. The molecule has 0 aliphatic carbocycles. The summed E-state index contributed by atoms with van der Waals surface area (Å²) in [7, 11) is 0. The van der Waals surface area contributed by atoms with Gasteiger partial charge in [-0.2, -0.15) is 0 Å². The van der Waals surface area contributed by atoms with Crippen molar-refractivity contribution in [2.45, 2.75) is 19.8 Å². The van der Waals surface area contributed by atoms with E-state index in [9.17, 15) is 0 Å². The first-order chi connectivity index (χ1) is 9.83. The predicted molar refractivity (Wildman–Crippen MR) is 82.7 cm³/mol. The molecule has 0 atom stereocenters. The van der Waals surface area contributed by atoms with Crippen molar-refractivity contribution in [3.8, 4) is 5.69 Å². The Bertz CT molecular complexity index is 733. The van der Waals surface area contributed by atoms with Gasteiger partial charge in [0, 0.05) is 24.2 Å². The third kappa shape index (κ3) is 2.29. The van der Waals surface area contributed by atoms with Crippen LogP contribution in [0.25, 0.3) is 16.9 Å².